The third-order valence-corrected chi connectivity index (χ3v) is 3.18. The summed E-state index contributed by atoms with van der Waals surface area (Å²) < 4.78 is 12.3. The second-order valence-electron chi connectivity index (χ2n) is 4.47. The maximum Gasteiger partial charge on any atom is 0.123 e. The van der Waals surface area contributed by atoms with E-state index in [4.69, 9.17) is 9.47 Å². The van der Waals surface area contributed by atoms with Gasteiger partial charge in [0.05, 0.1) is 19.8 Å². The average Bonchev–Trinajstić information content (AvgIpc) is 2.45. The van der Waals surface area contributed by atoms with Gasteiger partial charge in [-0.15, -0.1) is 6.58 Å². The lowest BCUT2D eigenvalue weighted by Gasteiger charge is -2.12. The fraction of sp³-hybridized carbons (Fsp3) is 0.500. The summed E-state index contributed by atoms with van der Waals surface area (Å²) in [6.07, 6.45) is 3.78. The van der Waals surface area contributed by atoms with E-state index in [1.165, 1.54) is 5.56 Å². The molecule has 1 rings (SSSR count). The molecule has 4 heteroatoms. The van der Waals surface area contributed by atoms with Crippen LogP contribution in [0.5, 0.6) is 5.75 Å². The van der Waals surface area contributed by atoms with Crippen molar-refractivity contribution in [2.45, 2.75) is 26.3 Å². The van der Waals surface area contributed by atoms with Crippen LogP contribution in [0, 0.1) is 0 Å². The van der Waals surface area contributed by atoms with Gasteiger partial charge in [0.25, 0.3) is 0 Å². The monoisotopic (exact) mass is 341 g/mol. The first-order chi connectivity index (χ1) is 9.77. The smallest absolute Gasteiger partial charge is 0.123 e. The quantitative estimate of drug-likeness (QED) is 0.488. The topological polar surface area (TPSA) is 30.5 Å². The standard InChI is InChI=1S/C16H24BrNO2/c1-3-5-10-19-11-8-18-13-14-12-15(17)6-7-16(14)20-9-4-2/h3,6-7,12,18H,1,4-5,8-11,13H2,2H3. The molecule has 0 radical (unpaired) electrons. The molecule has 0 aliphatic carbocycles. The van der Waals surface area contributed by atoms with Crippen LogP contribution in [-0.2, 0) is 11.3 Å². The lowest BCUT2D eigenvalue weighted by Crippen LogP contribution is -2.20. The highest BCUT2D eigenvalue weighted by Crippen LogP contribution is 2.23. The molecule has 20 heavy (non-hydrogen) atoms. The van der Waals surface area contributed by atoms with Gasteiger partial charge in [-0.2, -0.15) is 0 Å². The minimum Gasteiger partial charge on any atom is -0.493 e. The van der Waals surface area contributed by atoms with Crippen molar-refractivity contribution in [1.29, 1.82) is 0 Å². The van der Waals surface area contributed by atoms with Crippen LogP contribution >= 0.6 is 15.9 Å². The van der Waals surface area contributed by atoms with E-state index in [-0.39, 0.29) is 0 Å². The third-order valence-electron chi connectivity index (χ3n) is 2.69. The van der Waals surface area contributed by atoms with Crippen LogP contribution in [0.1, 0.15) is 25.3 Å². The Balaban J connectivity index is 2.33. The van der Waals surface area contributed by atoms with E-state index < -0.39 is 0 Å². The van der Waals surface area contributed by atoms with Gasteiger partial charge in [0.2, 0.25) is 0 Å². The normalized spacial score (nSPS) is 10.5. The minimum atomic E-state index is 0.715. The molecule has 0 saturated heterocycles. The van der Waals surface area contributed by atoms with Crippen LogP contribution in [0.3, 0.4) is 0 Å². The molecule has 112 valence electrons. The molecule has 3 nitrogen and oxygen atoms in total. The Hall–Kier alpha value is -0.840. The van der Waals surface area contributed by atoms with Crippen LogP contribution < -0.4 is 10.1 Å². The van der Waals surface area contributed by atoms with Crippen LogP contribution in [0.25, 0.3) is 0 Å². The molecule has 1 aromatic rings. The highest BCUT2D eigenvalue weighted by Gasteiger charge is 2.04. The van der Waals surface area contributed by atoms with Crippen molar-refractivity contribution in [3.05, 3.63) is 40.9 Å². The van der Waals surface area contributed by atoms with E-state index in [0.29, 0.717) is 6.61 Å². The number of hydrogen-bond donors (Lipinski definition) is 1. The molecule has 0 aliphatic rings. The van der Waals surface area contributed by atoms with E-state index in [1.807, 2.05) is 18.2 Å². The van der Waals surface area contributed by atoms with Gasteiger partial charge < -0.3 is 14.8 Å². The molecule has 0 atom stereocenters. The van der Waals surface area contributed by atoms with Gasteiger partial charge in [0, 0.05) is 23.1 Å². The van der Waals surface area contributed by atoms with Crippen LogP contribution in [-0.4, -0.2) is 26.4 Å². The Morgan fingerprint density at radius 1 is 1.30 bits per heavy atom. The van der Waals surface area contributed by atoms with Crippen molar-refractivity contribution >= 4 is 15.9 Å². The Labute approximate surface area is 130 Å². The number of benzene rings is 1. The van der Waals surface area contributed by atoms with Gasteiger partial charge in [-0.25, -0.2) is 0 Å². The van der Waals surface area contributed by atoms with Crippen LogP contribution in [0.2, 0.25) is 0 Å². The summed E-state index contributed by atoms with van der Waals surface area (Å²) in [5, 5.41) is 3.37. The lowest BCUT2D eigenvalue weighted by atomic mass is 10.2. The summed E-state index contributed by atoms with van der Waals surface area (Å²) in [5.74, 6) is 0.954. The highest BCUT2D eigenvalue weighted by atomic mass is 79.9. The third kappa shape index (κ3) is 7.08. The predicted molar refractivity (Wildman–Crippen MR) is 87.3 cm³/mol. The zero-order valence-corrected chi connectivity index (χ0v) is 13.7. The molecule has 0 bridgehead atoms. The summed E-state index contributed by atoms with van der Waals surface area (Å²) >= 11 is 3.50. The summed E-state index contributed by atoms with van der Waals surface area (Å²) in [6.45, 7) is 9.59. The number of halogens is 1. The molecule has 1 N–H and O–H groups in total. The summed E-state index contributed by atoms with van der Waals surface area (Å²) in [6, 6.07) is 6.11. The van der Waals surface area contributed by atoms with Crippen molar-refractivity contribution < 1.29 is 9.47 Å². The van der Waals surface area contributed by atoms with E-state index in [1.54, 1.807) is 0 Å². The Bertz CT molecular complexity index is 396. The van der Waals surface area contributed by atoms with Gasteiger partial charge in [-0.1, -0.05) is 28.9 Å². The lowest BCUT2D eigenvalue weighted by molar-refractivity contribution is 0.140. The van der Waals surface area contributed by atoms with Gasteiger partial charge in [-0.05, 0) is 31.0 Å². The van der Waals surface area contributed by atoms with Crippen LogP contribution in [0.4, 0.5) is 0 Å². The van der Waals surface area contributed by atoms with E-state index in [9.17, 15) is 0 Å². The SMILES string of the molecule is C=CCCOCCNCc1cc(Br)ccc1OCCC. The summed E-state index contributed by atoms with van der Waals surface area (Å²) in [7, 11) is 0. The molecule has 0 unspecified atom stereocenters. The first kappa shape index (κ1) is 17.2. The minimum absolute atomic E-state index is 0.715. The zero-order valence-electron chi connectivity index (χ0n) is 12.2. The van der Waals surface area contributed by atoms with Gasteiger partial charge in [0.1, 0.15) is 5.75 Å². The first-order valence-corrected chi connectivity index (χ1v) is 7.87. The Morgan fingerprint density at radius 3 is 2.90 bits per heavy atom. The van der Waals surface area contributed by atoms with Gasteiger partial charge >= 0.3 is 0 Å². The second kappa shape index (κ2) is 10.9. The van der Waals surface area contributed by atoms with Crippen molar-refractivity contribution in [2.75, 3.05) is 26.4 Å². The van der Waals surface area contributed by atoms with Crippen molar-refractivity contribution in [2.24, 2.45) is 0 Å². The van der Waals surface area contributed by atoms with Crippen molar-refractivity contribution in [3.63, 3.8) is 0 Å². The molecule has 0 heterocycles. The Morgan fingerprint density at radius 2 is 2.15 bits per heavy atom. The number of hydrogen-bond acceptors (Lipinski definition) is 3. The number of rotatable bonds is 11. The Kier molecular flexibility index (Phi) is 9.37. The summed E-state index contributed by atoms with van der Waals surface area (Å²) in [4.78, 5) is 0. The molecular weight excluding hydrogens is 318 g/mol. The maximum atomic E-state index is 5.75. The fourth-order valence-corrected chi connectivity index (χ4v) is 2.08. The van der Waals surface area contributed by atoms with Crippen molar-refractivity contribution in [3.8, 4) is 5.75 Å². The fourth-order valence-electron chi connectivity index (χ4n) is 1.68. The molecule has 0 fully saturated rings. The molecule has 0 aromatic heterocycles. The molecule has 0 aliphatic heterocycles. The highest BCUT2D eigenvalue weighted by molar-refractivity contribution is 9.10. The van der Waals surface area contributed by atoms with E-state index in [0.717, 1.165) is 49.4 Å². The molecule has 0 saturated carbocycles. The average molecular weight is 342 g/mol. The molecule has 0 spiro atoms. The maximum absolute atomic E-state index is 5.75. The van der Waals surface area contributed by atoms with E-state index in [2.05, 4.69) is 40.8 Å². The molecular formula is C16H24BrNO2. The van der Waals surface area contributed by atoms with E-state index >= 15 is 0 Å². The number of nitrogens with one attached hydrogen (secondary N) is 1. The van der Waals surface area contributed by atoms with Crippen molar-refractivity contribution in [1.82, 2.24) is 5.32 Å². The number of ether oxygens (including phenoxy) is 2. The molecule has 1 aromatic carbocycles. The molecule has 0 amide bonds. The van der Waals surface area contributed by atoms with Crippen LogP contribution in [0.15, 0.2) is 35.3 Å². The zero-order chi connectivity index (χ0) is 14.6. The van der Waals surface area contributed by atoms with Gasteiger partial charge in [0.15, 0.2) is 0 Å². The van der Waals surface area contributed by atoms with Gasteiger partial charge in [-0.3, -0.25) is 0 Å². The second-order valence-corrected chi connectivity index (χ2v) is 5.38. The first-order valence-electron chi connectivity index (χ1n) is 7.08. The summed E-state index contributed by atoms with van der Waals surface area (Å²) in [5.41, 5.74) is 1.17. The predicted octanol–water partition coefficient (Wildman–Crippen LogP) is 3.92. The largest absolute Gasteiger partial charge is 0.493 e.